The van der Waals surface area contributed by atoms with Gasteiger partial charge in [0, 0.05) is 25.2 Å². The molecule has 1 heterocycles. The van der Waals surface area contributed by atoms with Gasteiger partial charge in [0.25, 0.3) is 5.91 Å². The fourth-order valence-corrected chi connectivity index (χ4v) is 2.01. The number of nitrogens with zero attached hydrogens (tertiary/aromatic N) is 1. The highest BCUT2D eigenvalue weighted by Crippen LogP contribution is 2.08. The molecule has 1 saturated heterocycles. The number of aryl methyl sites for hydroxylation is 1. The van der Waals surface area contributed by atoms with Gasteiger partial charge in [0.2, 0.25) is 0 Å². The summed E-state index contributed by atoms with van der Waals surface area (Å²) in [5, 5.41) is 3.30. The molecule has 2 rings (SSSR count). The van der Waals surface area contributed by atoms with Crippen LogP contribution in [-0.4, -0.2) is 37.0 Å². The van der Waals surface area contributed by atoms with Gasteiger partial charge in [0.05, 0.1) is 0 Å². The molecule has 0 aliphatic carbocycles. The molecule has 1 amide bonds. The minimum atomic E-state index is 0. The van der Waals surface area contributed by atoms with Crippen LogP contribution in [-0.2, 0) is 0 Å². The van der Waals surface area contributed by atoms with Crippen LogP contribution in [0.25, 0.3) is 0 Å². The Hall–Kier alpha value is -1.06. The van der Waals surface area contributed by atoms with E-state index in [2.05, 4.69) is 5.32 Å². The third-order valence-corrected chi connectivity index (χ3v) is 2.89. The van der Waals surface area contributed by atoms with E-state index in [1.54, 1.807) is 0 Å². The van der Waals surface area contributed by atoms with Crippen molar-refractivity contribution in [1.82, 2.24) is 10.2 Å². The van der Waals surface area contributed by atoms with Crippen molar-refractivity contribution in [3.63, 3.8) is 0 Å². The van der Waals surface area contributed by atoms with Crippen molar-refractivity contribution >= 4 is 18.3 Å². The number of hydrogen-bond acceptors (Lipinski definition) is 2. The molecule has 1 aliphatic heterocycles. The molecule has 0 unspecified atom stereocenters. The zero-order chi connectivity index (χ0) is 11.4. The highest BCUT2D eigenvalue weighted by molar-refractivity contribution is 5.94. The highest BCUT2D eigenvalue weighted by atomic mass is 35.5. The molecule has 1 fully saturated rings. The highest BCUT2D eigenvalue weighted by Gasteiger charge is 2.16. The minimum Gasteiger partial charge on any atom is -0.337 e. The average molecular weight is 255 g/mol. The molecular formula is C13H19ClN2O. The predicted octanol–water partition coefficient (Wildman–Crippen LogP) is 1.85. The van der Waals surface area contributed by atoms with Crippen LogP contribution in [0.1, 0.15) is 22.3 Å². The zero-order valence-electron chi connectivity index (χ0n) is 10.1. The summed E-state index contributed by atoms with van der Waals surface area (Å²) < 4.78 is 0. The summed E-state index contributed by atoms with van der Waals surface area (Å²) in [6.45, 7) is 5.60. The molecule has 4 heteroatoms. The van der Waals surface area contributed by atoms with Gasteiger partial charge < -0.3 is 10.2 Å². The standard InChI is InChI=1S/C13H18N2O.ClH/c1-11-4-2-5-12(10-11)13(16)15-8-3-6-14-7-9-15;/h2,4-5,10,14H,3,6-9H2,1H3;1H. The average Bonchev–Trinajstić information content (AvgIpc) is 2.56. The molecule has 1 aliphatic rings. The summed E-state index contributed by atoms with van der Waals surface area (Å²) in [5.74, 6) is 0.160. The number of amides is 1. The van der Waals surface area contributed by atoms with Crippen molar-refractivity contribution < 1.29 is 4.79 Å². The molecule has 0 atom stereocenters. The lowest BCUT2D eigenvalue weighted by Gasteiger charge is -2.20. The topological polar surface area (TPSA) is 32.3 Å². The first-order valence-corrected chi connectivity index (χ1v) is 5.84. The quantitative estimate of drug-likeness (QED) is 0.830. The first kappa shape index (κ1) is 14.0. The van der Waals surface area contributed by atoms with Gasteiger partial charge in [-0.3, -0.25) is 4.79 Å². The number of halogens is 1. The SMILES string of the molecule is Cc1cccc(C(=O)N2CCCNCC2)c1.Cl. The van der Waals surface area contributed by atoms with Crippen molar-refractivity contribution in [2.75, 3.05) is 26.2 Å². The van der Waals surface area contributed by atoms with E-state index in [9.17, 15) is 4.79 Å². The van der Waals surface area contributed by atoms with Gasteiger partial charge in [0.1, 0.15) is 0 Å². The van der Waals surface area contributed by atoms with E-state index in [0.29, 0.717) is 0 Å². The lowest BCUT2D eigenvalue weighted by atomic mass is 10.1. The number of carbonyl (C=O) groups is 1. The maximum Gasteiger partial charge on any atom is 0.253 e. The molecule has 1 aromatic carbocycles. The second-order valence-electron chi connectivity index (χ2n) is 4.27. The van der Waals surface area contributed by atoms with Crippen molar-refractivity contribution in [2.45, 2.75) is 13.3 Å². The Bertz CT molecular complexity index is 373. The van der Waals surface area contributed by atoms with Gasteiger partial charge in [-0.15, -0.1) is 12.4 Å². The van der Waals surface area contributed by atoms with E-state index in [-0.39, 0.29) is 18.3 Å². The first-order chi connectivity index (χ1) is 7.77. The molecule has 0 aromatic heterocycles. The second-order valence-corrected chi connectivity index (χ2v) is 4.27. The van der Waals surface area contributed by atoms with Crippen LogP contribution in [0.15, 0.2) is 24.3 Å². The zero-order valence-corrected chi connectivity index (χ0v) is 10.9. The van der Waals surface area contributed by atoms with E-state index >= 15 is 0 Å². The summed E-state index contributed by atoms with van der Waals surface area (Å²) in [7, 11) is 0. The van der Waals surface area contributed by atoms with Crippen LogP contribution in [0.5, 0.6) is 0 Å². The van der Waals surface area contributed by atoms with Gasteiger partial charge in [-0.05, 0) is 32.0 Å². The van der Waals surface area contributed by atoms with Crippen molar-refractivity contribution in [2.24, 2.45) is 0 Å². The van der Waals surface area contributed by atoms with Crippen molar-refractivity contribution in [1.29, 1.82) is 0 Å². The van der Waals surface area contributed by atoms with Crippen molar-refractivity contribution in [3.8, 4) is 0 Å². The Balaban J connectivity index is 0.00000144. The van der Waals surface area contributed by atoms with Gasteiger partial charge in [-0.25, -0.2) is 0 Å². The summed E-state index contributed by atoms with van der Waals surface area (Å²) >= 11 is 0. The van der Waals surface area contributed by atoms with E-state index in [0.717, 1.165) is 43.7 Å². The molecular weight excluding hydrogens is 236 g/mol. The van der Waals surface area contributed by atoms with Crippen LogP contribution in [0.3, 0.4) is 0 Å². The van der Waals surface area contributed by atoms with Crippen LogP contribution in [0.4, 0.5) is 0 Å². The monoisotopic (exact) mass is 254 g/mol. The number of carbonyl (C=O) groups excluding carboxylic acids is 1. The molecule has 3 nitrogen and oxygen atoms in total. The van der Waals surface area contributed by atoms with Gasteiger partial charge >= 0.3 is 0 Å². The van der Waals surface area contributed by atoms with Crippen LogP contribution in [0, 0.1) is 6.92 Å². The Morgan fingerprint density at radius 3 is 2.88 bits per heavy atom. The smallest absolute Gasteiger partial charge is 0.253 e. The van der Waals surface area contributed by atoms with Crippen LogP contribution in [0.2, 0.25) is 0 Å². The molecule has 94 valence electrons. The van der Waals surface area contributed by atoms with E-state index in [1.807, 2.05) is 36.1 Å². The van der Waals surface area contributed by atoms with E-state index < -0.39 is 0 Å². The molecule has 1 N–H and O–H groups in total. The summed E-state index contributed by atoms with van der Waals surface area (Å²) in [5.41, 5.74) is 1.95. The molecule has 0 saturated carbocycles. The molecule has 1 aromatic rings. The Morgan fingerprint density at radius 1 is 1.29 bits per heavy atom. The van der Waals surface area contributed by atoms with Crippen LogP contribution < -0.4 is 5.32 Å². The number of rotatable bonds is 1. The number of hydrogen-bond donors (Lipinski definition) is 1. The lowest BCUT2D eigenvalue weighted by molar-refractivity contribution is 0.0766. The Morgan fingerprint density at radius 2 is 2.12 bits per heavy atom. The van der Waals surface area contributed by atoms with Gasteiger partial charge in [-0.1, -0.05) is 17.7 Å². The molecule has 0 radical (unpaired) electrons. The fourth-order valence-electron chi connectivity index (χ4n) is 2.01. The third-order valence-electron chi connectivity index (χ3n) is 2.89. The lowest BCUT2D eigenvalue weighted by Crippen LogP contribution is -2.34. The number of benzene rings is 1. The maximum atomic E-state index is 12.2. The number of nitrogens with one attached hydrogen (secondary N) is 1. The van der Waals surface area contributed by atoms with Crippen LogP contribution >= 0.6 is 12.4 Å². The van der Waals surface area contributed by atoms with Gasteiger partial charge in [0.15, 0.2) is 0 Å². The minimum absolute atomic E-state index is 0. The molecule has 17 heavy (non-hydrogen) atoms. The Labute approximate surface area is 109 Å². The summed E-state index contributed by atoms with van der Waals surface area (Å²) in [4.78, 5) is 14.1. The fraction of sp³-hybridized carbons (Fsp3) is 0.462. The Kier molecular flexibility index (Phi) is 5.45. The normalized spacial score (nSPS) is 15.9. The van der Waals surface area contributed by atoms with Gasteiger partial charge in [-0.2, -0.15) is 0 Å². The third kappa shape index (κ3) is 3.72. The van der Waals surface area contributed by atoms with E-state index in [1.165, 1.54) is 0 Å². The maximum absolute atomic E-state index is 12.2. The summed E-state index contributed by atoms with van der Waals surface area (Å²) in [6.07, 6.45) is 1.04. The largest absolute Gasteiger partial charge is 0.337 e. The summed E-state index contributed by atoms with van der Waals surface area (Å²) in [6, 6.07) is 7.81. The molecule has 0 bridgehead atoms. The second kappa shape index (κ2) is 6.62. The predicted molar refractivity (Wildman–Crippen MR) is 71.8 cm³/mol. The van der Waals surface area contributed by atoms with Crippen molar-refractivity contribution in [3.05, 3.63) is 35.4 Å². The van der Waals surface area contributed by atoms with E-state index in [4.69, 9.17) is 0 Å². The molecule has 0 spiro atoms. The first-order valence-electron chi connectivity index (χ1n) is 5.84.